The van der Waals surface area contributed by atoms with Crippen molar-refractivity contribution in [2.75, 3.05) is 7.11 Å². The van der Waals surface area contributed by atoms with E-state index in [1.54, 1.807) is 0 Å². The minimum atomic E-state index is -0.226. The zero-order valence-corrected chi connectivity index (χ0v) is 13.9. The number of esters is 1. The Bertz CT molecular complexity index is 341. The Labute approximate surface area is 122 Å². The van der Waals surface area contributed by atoms with Crippen molar-refractivity contribution in [3.8, 4) is 0 Å². The van der Waals surface area contributed by atoms with E-state index in [9.17, 15) is 9.70 Å². The molecule has 116 valence electrons. The topological polar surface area (TPSA) is 55.7 Å². The highest BCUT2D eigenvalue weighted by atomic mass is 16.5. The van der Waals surface area contributed by atoms with E-state index in [0.29, 0.717) is 12.8 Å². The molecule has 20 heavy (non-hydrogen) atoms. The van der Waals surface area contributed by atoms with Gasteiger partial charge in [0.25, 0.3) is 0 Å². The fourth-order valence-corrected chi connectivity index (χ4v) is 3.51. The molecule has 1 rings (SSSR count). The molecule has 0 saturated heterocycles. The van der Waals surface area contributed by atoms with E-state index in [4.69, 9.17) is 4.74 Å². The summed E-state index contributed by atoms with van der Waals surface area (Å²) in [6, 6.07) is -0.226. The van der Waals surface area contributed by atoms with Crippen LogP contribution in [-0.4, -0.2) is 19.1 Å². The summed E-state index contributed by atoms with van der Waals surface area (Å²) in [5.41, 5.74) is -0.0937. The van der Waals surface area contributed by atoms with Gasteiger partial charge in [-0.1, -0.05) is 46.7 Å². The second kappa shape index (κ2) is 5.82. The lowest BCUT2D eigenvalue weighted by Gasteiger charge is -2.47. The van der Waals surface area contributed by atoms with Gasteiger partial charge in [0.2, 0.25) is 0 Å². The first-order chi connectivity index (χ1) is 9.02. The molecule has 1 saturated carbocycles. The van der Waals surface area contributed by atoms with E-state index in [1.807, 2.05) is 0 Å². The first-order valence-electron chi connectivity index (χ1n) is 7.42. The predicted molar refractivity (Wildman–Crippen MR) is 80.2 cm³/mol. The molecule has 0 heterocycles. The van der Waals surface area contributed by atoms with Crippen molar-refractivity contribution >= 4 is 5.97 Å². The van der Waals surface area contributed by atoms with Crippen LogP contribution in [0, 0.1) is 33.5 Å². The van der Waals surface area contributed by atoms with Gasteiger partial charge in [-0.25, -0.2) is 0 Å². The fourth-order valence-electron chi connectivity index (χ4n) is 3.51. The SMILES string of the molecule is COC(=O)C1CC(C(C)(C)C)C(N=O)C(C(C)(C)C)C1. The summed E-state index contributed by atoms with van der Waals surface area (Å²) in [5.74, 6) is -0.0477. The van der Waals surface area contributed by atoms with Crippen molar-refractivity contribution in [1.82, 2.24) is 0 Å². The summed E-state index contributed by atoms with van der Waals surface area (Å²) in [4.78, 5) is 23.4. The number of rotatable bonds is 2. The second-order valence-electron chi connectivity index (χ2n) is 8.23. The minimum absolute atomic E-state index is 0.0469. The van der Waals surface area contributed by atoms with Gasteiger partial charge in [-0.15, -0.1) is 0 Å². The zero-order valence-electron chi connectivity index (χ0n) is 13.9. The number of methoxy groups -OCH3 is 1. The molecule has 1 fully saturated rings. The van der Waals surface area contributed by atoms with Crippen LogP contribution < -0.4 is 0 Å². The Hall–Kier alpha value is -0.930. The maximum atomic E-state index is 12.0. The molecule has 0 amide bonds. The van der Waals surface area contributed by atoms with E-state index >= 15 is 0 Å². The Kier molecular flexibility index (Phi) is 4.99. The van der Waals surface area contributed by atoms with Gasteiger partial charge in [0, 0.05) is 0 Å². The third-order valence-electron chi connectivity index (χ3n) is 4.78. The van der Waals surface area contributed by atoms with Gasteiger partial charge < -0.3 is 4.74 Å². The Morgan fingerprint density at radius 2 is 1.40 bits per heavy atom. The first kappa shape index (κ1) is 17.1. The molecule has 0 aromatic rings. The van der Waals surface area contributed by atoms with Crippen LogP contribution in [0.5, 0.6) is 0 Å². The third-order valence-corrected chi connectivity index (χ3v) is 4.78. The Balaban J connectivity index is 3.16. The van der Waals surface area contributed by atoms with Crippen molar-refractivity contribution in [1.29, 1.82) is 0 Å². The normalized spacial score (nSPS) is 31.8. The van der Waals surface area contributed by atoms with Crippen LogP contribution in [0.1, 0.15) is 54.4 Å². The van der Waals surface area contributed by atoms with Gasteiger partial charge in [0.15, 0.2) is 0 Å². The van der Waals surface area contributed by atoms with Crippen LogP contribution in [0.3, 0.4) is 0 Å². The molecule has 0 radical (unpaired) electrons. The standard InChI is InChI=1S/C16H29NO3/c1-15(2,3)11-8-10(14(18)20-7)9-12(13(11)17-19)16(4,5)6/h10-13H,8-9H2,1-7H3. The van der Waals surface area contributed by atoms with Crippen molar-refractivity contribution < 1.29 is 9.53 Å². The van der Waals surface area contributed by atoms with Crippen LogP contribution in [0.15, 0.2) is 5.18 Å². The first-order valence-corrected chi connectivity index (χ1v) is 7.42. The van der Waals surface area contributed by atoms with Gasteiger partial charge >= 0.3 is 5.97 Å². The summed E-state index contributed by atoms with van der Waals surface area (Å²) in [5, 5.41) is 3.46. The molecule has 4 nitrogen and oxygen atoms in total. The predicted octanol–water partition coefficient (Wildman–Crippen LogP) is 4.03. The van der Waals surface area contributed by atoms with Gasteiger partial charge in [-0.3, -0.25) is 4.79 Å². The molecule has 0 aromatic carbocycles. The number of carbonyl (C=O) groups is 1. The summed E-state index contributed by atoms with van der Waals surface area (Å²) >= 11 is 0. The lowest BCUT2D eigenvalue weighted by atomic mass is 9.58. The van der Waals surface area contributed by atoms with Crippen LogP contribution >= 0.6 is 0 Å². The van der Waals surface area contributed by atoms with Gasteiger partial charge in [0.1, 0.15) is 0 Å². The molecular weight excluding hydrogens is 254 g/mol. The highest BCUT2D eigenvalue weighted by Gasteiger charge is 2.49. The minimum Gasteiger partial charge on any atom is -0.469 e. The molecule has 1 aliphatic carbocycles. The maximum absolute atomic E-state index is 12.0. The lowest BCUT2D eigenvalue weighted by molar-refractivity contribution is -0.149. The zero-order chi connectivity index (χ0) is 15.7. The number of hydrogen-bond donors (Lipinski definition) is 0. The molecule has 1 aliphatic rings. The smallest absolute Gasteiger partial charge is 0.308 e. The average molecular weight is 283 g/mol. The monoisotopic (exact) mass is 283 g/mol. The van der Waals surface area contributed by atoms with E-state index in [-0.39, 0.29) is 40.6 Å². The average Bonchev–Trinajstić information content (AvgIpc) is 2.33. The maximum Gasteiger partial charge on any atom is 0.308 e. The van der Waals surface area contributed by atoms with Gasteiger partial charge in [-0.2, -0.15) is 4.91 Å². The van der Waals surface area contributed by atoms with Crippen molar-refractivity contribution in [3.63, 3.8) is 0 Å². The second-order valence-corrected chi connectivity index (χ2v) is 8.23. The summed E-state index contributed by atoms with van der Waals surface area (Å²) < 4.78 is 4.93. The van der Waals surface area contributed by atoms with Crippen molar-refractivity contribution in [3.05, 3.63) is 4.91 Å². The van der Waals surface area contributed by atoms with E-state index in [2.05, 4.69) is 46.7 Å². The van der Waals surface area contributed by atoms with Crippen LogP contribution in [0.4, 0.5) is 0 Å². The quantitative estimate of drug-likeness (QED) is 0.568. The van der Waals surface area contributed by atoms with E-state index < -0.39 is 0 Å². The lowest BCUT2D eigenvalue weighted by Crippen LogP contribution is -2.48. The Morgan fingerprint density at radius 1 is 1.00 bits per heavy atom. The van der Waals surface area contributed by atoms with E-state index in [1.165, 1.54) is 7.11 Å². The number of nitroso groups, excluding NO2 is 1. The number of hydrogen-bond acceptors (Lipinski definition) is 4. The summed E-state index contributed by atoms with van der Waals surface area (Å²) in [7, 11) is 1.44. The molecule has 4 heteroatoms. The summed E-state index contributed by atoms with van der Waals surface area (Å²) in [6.07, 6.45) is 1.39. The van der Waals surface area contributed by atoms with Crippen LogP contribution in [0.2, 0.25) is 0 Å². The molecule has 0 aromatic heterocycles. The van der Waals surface area contributed by atoms with Gasteiger partial charge in [0.05, 0.1) is 19.1 Å². The number of nitrogens with zero attached hydrogens (tertiary/aromatic N) is 1. The fraction of sp³-hybridized carbons (Fsp3) is 0.938. The molecule has 0 aliphatic heterocycles. The van der Waals surface area contributed by atoms with Crippen molar-refractivity contribution in [2.24, 2.45) is 33.8 Å². The summed E-state index contributed by atoms with van der Waals surface area (Å²) in [6.45, 7) is 12.7. The highest BCUT2D eigenvalue weighted by Crippen LogP contribution is 2.49. The molecule has 0 bridgehead atoms. The molecule has 0 N–H and O–H groups in total. The molecular formula is C16H29NO3. The van der Waals surface area contributed by atoms with Crippen LogP contribution in [-0.2, 0) is 9.53 Å². The molecule has 0 spiro atoms. The van der Waals surface area contributed by atoms with Crippen molar-refractivity contribution in [2.45, 2.75) is 60.4 Å². The number of ether oxygens (including phenoxy) is 1. The molecule has 2 unspecified atom stereocenters. The highest BCUT2D eigenvalue weighted by molar-refractivity contribution is 5.72. The number of carbonyl (C=O) groups excluding carboxylic acids is 1. The Morgan fingerprint density at radius 3 is 1.65 bits per heavy atom. The largest absolute Gasteiger partial charge is 0.469 e. The third kappa shape index (κ3) is 3.58. The van der Waals surface area contributed by atoms with Gasteiger partial charge in [-0.05, 0) is 35.5 Å². The molecule has 2 atom stereocenters. The van der Waals surface area contributed by atoms with Crippen LogP contribution in [0.25, 0.3) is 0 Å². The van der Waals surface area contributed by atoms with E-state index in [0.717, 1.165) is 0 Å².